The van der Waals surface area contributed by atoms with Crippen LogP contribution in [0.4, 0.5) is 4.79 Å². The third kappa shape index (κ3) is 7.17. The van der Waals surface area contributed by atoms with Crippen molar-refractivity contribution in [1.29, 1.82) is 0 Å². The fourth-order valence-electron chi connectivity index (χ4n) is 3.57. The van der Waals surface area contributed by atoms with Gasteiger partial charge in [-0.15, -0.1) is 0 Å². The van der Waals surface area contributed by atoms with Gasteiger partial charge in [0.15, 0.2) is 0 Å². The Bertz CT molecular complexity index is 487. The van der Waals surface area contributed by atoms with Gasteiger partial charge >= 0.3 is 6.03 Å². The summed E-state index contributed by atoms with van der Waals surface area (Å²) in [5, 5.41) is 9.32. The number of urea groups is 1. The fraction of sp³-hybridized carbons (Fsp3) is 0.842. The van der Waals surface area contributed by atoms with E-state index < -0.39 is 0 Å². The van der Waals surface area contributed by atoms with Gasteiger partial charge in [0.05, 0.1) is 12.1 Å². The van der Waals surface area contributed by atoms with E-state index in [1.807, 2.05) is 11.8 Å². The predicted molar refractivity (Wildman–Crippen MR) is 105 cm³/mol. The molecular formula is C19H33N3O3S. The van der Waals surface area contributed by atoms with Crippen molar-refractivity contribution in [2.45, 2.75) is 88.5 Å². The minimum absolute atomic E-state index is 0.0477. The number of unbranched alkanes of at least 4 members (excludes halogenated alkanes) is 3. The molecule has 2 rings (SSSR count). The molecule has 0 radical (unpaired) electrons. The molecular weight excluding hydrogens is 350 g/mol. The van der Waals surface area contributed by atoms with Crippen molar-refractivity contribution in [2.75, 3.05) is 12.3 Å². The normalized spacial score (nSPS) is 24.0. The summed E-state index contributed by atoms with van der Waals surface area (Å²) >= 11 is 1.91. The number of rotatable bonds is 13. The standard InChI is InChI=1S/C19H33N3O3S/c1-2-3-4-8-14(23)9-7-12-20-17(24)11-6-5-10-16-18-15(13-26-16)21-19(25)22-18/h15-16,18H,2-13H2,1H3,(H,20,24)(H2,21,22,25). The van der Waals surface area contributed by atoms with E-state index in [0.717, 1.165) is 50.7 Å². The van der Waals surface area contributed by atoms with Crippen molar-refractivity contribution in [3.8, 4) is 0 Å². The number of hydrogen-bond donors (Lipinski definition) is 3. The summed E-state index contributed by atoms with van der Waals surface area (Å²) in [5.74, 6) is 1.37. The average Bonchev–Trinajstić information content (AvgIpc) is 3.15. The van der Waals surface area contributed by atoms with Gasteiger partial charge in [-0.2, -0.15) is 11.8 Å². The van der Waals surface area contributed by atoms with E-state index in [2.05, 4.69) is 22.9 Å². The molecule has 0 saturated carbocycles. The molecule has 2 heterocycles. The van der Waals surface area contributed by atoms with Crippen molar-refractivity contribution in [2.24, 2.45) is 0 Å². The van der Waals surface area contributed by atoms with Crippen LogP contribution in [0.5, 0.6) is 0 Å². The van der Waals surface area contributed by atoms with Crippen molar-refractivity contribution in [3.63, 3.8) is 0 Å². The monoisotopic (exact) mass is 383 g/mol. The first-order chi connectivity index (χ1) is 12.6. The molecule has 0 spiro atoms. The van der Waals surface area contributed by atoms with Crippen molar-refractivity contribution >= 4 is 29.5 Å². The van der Waals surface area contributed by atoms with Crippen LogP contribution in [0, 0.1) is 0 Å². The summed E-state index contributed by atoms with van der Waals surface area (Å²) in [7, 11) is 0. The third-order valence-electron chi connectivity index (χ3n) is 5.09. The number of fused-ring (bicyclic) bond motifs is 1. The molecule has 2 saturated heterocycles. The van der Waals surface area contributed by atoms with Gasteiger partial charge in [-0.25, -0.2) is 4.79 Å². The van der Waals surface area contributed by atoms with E-state index >= 15 is 0 Å². The van der Waals surface area contributed by atoms with Crippen LogP contribution < -0.4 is 16.0 Å². The minimum atomic E-state index is -0.0477. The SMILES string of the molecule is CCCCCC(=O)CCCNC(=O)CCCCC1SCC2NC(=O)NC21. The number of thioether (sulfide) groups is 1. The van der Waals surface area contributed by atoms with E-state index in [9.17, 15) is 14.4 Å². The Morgan fingerprint density at radius 1 is 1.08 bits per heavy atom. The number of carbonyl (C=O) groups is 3. The summed E-state index contributed by atoms with van der Waals surface area (Å²) in [6, 6.07) is 0.468. The zero-order chi connectivity index (χ0) is 18.8. The largest absolute Gasteiger partial charge is 0.356 e. The van der Waals surface area contributed by atoms with E-state index in [-0.39, 0.29) is 24.0 Å². The summed E-state index contributed by atoms with van der Waals surface area (Å²) in [6.07, 6.45) is 8.69. The molecule has 148 valence electrons. The maximum atomic E-state index is 11.9. The van der Waals surface area contributed by atoms with Crippen LogP contribution in [0.3, 0.4) is 0 Å². The Morgan fingerprint density at radius 2 is 1.85 bits per heavy atom. The number of carbonyl (C=O) groups excluding carboxylic acids is 3. The first-order valence-electron chi connectivity index (χ1n) is 10.1. The molecule has 3 atom stereocenters. The fourth-order valence-corrected chi connectivity index (χ4v) is 5.12. The lowest BCUT2D eigenvalue weighted by Crippen LogP contribution is -2.36. The second-order valence-corrected chi connectivity index (χ2v) is 8.59. The third-order valence-corrected chi connectivity index (χ3v) is 6.60. The van der Waals surface area contributed by atoms with Crippen LogP contribution in [0.1, 0.15) is 71.1 Å². The predicted octanol–water partition coefficient (Wildman–Crippen LogP) is 2.76. The Hall–Kier alpha value is -1.24. The summed E-state index contributed by atoms with van der Waals surface area (Å²) in [4.78, 5) is 34.9. The number of amides is 3. The highest BCUT2D eigenvalue weighted by Crippen LogP contribution is 2.33. The maximum absolute atomic E-state index is 11.9. The van der Waals surface area contributed by atoms with Crippen LogP contribution in [0.25, 0.3) is 0 Å². The van der Waals surface area contributed by atoms with Crippen molar-refractivity contribution in [1.82, 2.24) is 16.0 Å². The van der Waals surface area contributed by atoms with Gasteiger partial charge in [0.1, 0.15) is 5.78 Å². The van der Waals surface area contributed by atoms with E-state index in [0.29, 0.717) is 36.8 Å². The molecule has 0 aromatic rings. The quantitative estimate of drug-likeness (QED) is 0.337. The molecule has 6 nitrogen and oxygen atoms in total. The summed E-state index contributed by atoms with van der Waals surface area (Å²) in [6.45, 7) is 2.73. The van der Waals surface area contributed by atoms with Crippen LogP contribution in [-0.2, 0) is 9.59 Å². The average molecular weight is 384 g/mol. The number of nitrogens with one attached hydrogen (secondary N) is 3. The highest BCUT2D eigenvalue weighted by atomic mass is 32.2. The second kappa shape index (κ2) is 11.5. The van der Waals surface area contributed by atoms with Gasteiger partial charge < -0.3 is 16.0 Å². The minimum Gasteiger partial charge on any atom is -0.356 e. The van der Waals surface area contributed by atoms with Gasteiger partial charge in [0.2, 0.25) is 5.91 Å². The second-order valence-electron chi connectivity index (χ2n) is 7.32. The van der Waals surface area contributed by atoms with Gasteiger partial charge in [-0.05, 0) is 25.7 Å². The van der Waals surface area contributed by atoms with Crippen LogP contribution in [0.15, 0.2) is 0 Å². The first kappa shape index (κ1) is 21.1. The van der Waals surface area contributed by atoms with Crippen molar-refractivity contribution < 1.29 is 14.4 Å². The molecule has 3 N–H and O–H groups in total. The highest BCUT2D eigenvalue weighted by molar-refractivity contribution is 8.00. The Kier molecular flexibility index (Phi) is 9.29. The molecule has 0 aromatic heterocycles. The van der Waals surface area contributed by atoms with E-state index in [1.165, 1.54) is 0 Å². The van der Waals surface area contributed by atoms with Gasteiger partial charge in [0, 0.05) is 36.8 Å². The molecule has 3 amide bonds. The lowest BCUT2D eigenvalue weighted by atomic mass is 10.0. The highest BCUT2D eigenvalue weighted by Gasteiger charge is 2.42. The van der Waals surface area contributed by atoms with Crippen molar-refractivity contribution in [3.05, 3.63) is 0 Å². The first-order valence-corrected chi connectivity index (χ1v) is 11.1. The van der Waals surface area contributed by atoms with Crippen LogP contribution >= 0.6 is 11.8 Å². The van der Waals surface area contributed by atoms with Gasteiger partial charge in [0.25, 0.3) is 0 Å². The molecule has 2 fully saturated rings. The zero-order valence-electron chi connectivity index (χ0n) is 15.9. The molecule has 3 unspecified atom stereocenters. The molecule has 0 aromatic carbocycles. The maximum Gasteiger partial charge on any atom is 0.315 e. The molecule has 26 heavy (non-hydrogen) atoms. The zero-order valence-corrected chi connectivity index (χ0v) is 16.7. The summed E-state index contributed by atoms with van der Waals surface area (Å²) < 4.78 is 0. The summed E-state index contributed by atoms with van der Waals surface area (Å²) in [5.41, 5.74) is 0. The van der Waals surface area contributed by atoms with Crippen LogP contribution in [0.2, 0.25) is 0 Å². The Labute approximate surface area is 161 Å². The van der Waals surface area contributed by atoms with Crippen LogP contribution in [-0.4, -0.2) is 47.4 Å². The molecule has 2 aliphatic rings. The Balaban J connectivity index is 1.44. The molecule has 0 aliphatic carbocycles. The molecule has 7 heteroatoms. The Morgan fingerprint density at radius 3 is 2.65 bits per heavy atom. The molecule has 2 aliphatic heterocycles. The van der Waals surface area contributed by atoms with Gasteiger partial charge in [-0.1, -0.05) is 26.2 Å². The topological polar surface area (TPSA) is 87.3 Å². The van der Waals surface area contributed by atoms with E-state index in [1.54, 1.807) is 0 Å². The number of hydrogen-bond acceptors (Lipinski definition) is 4. The van der Waals surface area contributed by atoms with E-state index in [4.69, 9.17) is 0 Å². The van der Waals surface area contributed by atoms with Gasteiger partial charge in [-0.3, -0.25) is 9.59 Å². The lowest BCUT2D eigenvalue weighted by molar-refractivity contribution is -0.122. The molecule has 0 bridgehead atoms. The lowest BCUT2D eigenvalue weighted by Gasteiger charge is -2.16. The smallest absolute Gasteiger partial charge is 0.315 e. The number of ketones is 1. The number of Topliss-reactive ketones (excluding diaryl/α,β-unsaturated/α-hetero) is 1.